The highest BCUT2D eigenvalue weighted by Gasteiger charge is 2.47. The van der Waals surface area contributed by atoms with Crippen molar-refractivity contribution in [1.29, 1.82) is 5.26 Å². The normalized spacial score (nSPS) is 24.3. The Labute approximate surface area is 177 Å². The van der Waals surface area contributed by atoms with Crippen LogP contribution in [0.1, 0.15) is 43.5 Å². The van der Waals surface area contributed by atoms with E-state index < -0.39 is 0 Å². The lowest BCUT2D eigenvalue weighted by molar-refractivity contribution is -0.246. The predicted octanol–water partition coefficient (Wildman–Crippen LogP) is 4.49. The van der Waals surface area contributed by atoms with Gasteiger partial charge in [-0.2, -0.15) is 10.3 Å². The Morgan fingerprint density at radius 2 is 1.30 bits per heavy atom. The average molecular weight is 408 g/mol. The number of carbonyl (C=O) groups is 1. The number of rotatable bonds is 7. The van der Waals surface area contributed by atoms with Crippen LogP contribution in [0.25, 0.3) is 0 Å². The van der Waals surface area contributed by atoms with E-state index in [0.717, 1.165) is 22.6 Å². The summed E-state index contributed by atoms with van der Waals surface area (Å²) in [7, 11) is 3.25. The summed E-state index contributed by atoms with van der Waals surface area (Å²) in [6.45, 7) is 4.15. The van der Waals surface area contributed by atoms with Crippen LogP contribution in [0.4, 0.5) is 0 Å². The second kappa shape index (κ2) is 9.75. The maximum Gasteiger partial charge on any atom is 0.142 e. The van der Waals surface area contributed by atoms with Crippen molar-refractivity contribution in [3.63, 3.8) is 0 Å². The number of hydrogen-bond acceptors (Lipinski definition) is 6. The lowest BCUT2D eigenvalue weighted by Gasteiger charge is -2.47. The molecule has 2 aromatic rings. The van der Waals surface area contributed by atoms with Gasteiger partial charge in [0.15, 0.2) is 0 Å². The number of ketones is 1. The summed E-state index contributed by atoms with van der Waals surface area (Å²) in [6, 6.07) is 17.0. The summed E-state index contributed by atoms with van der Waals surface area (Å²) in [4.78, 5) is 19.4. The summed E-state index contributed by atoms with van der Waals surface area (Å²) >= 11 is 0. The number of benzene rings is 2. The van der Waals surface area contributed by atoms with Gasteiger partial charge >= 0.3 is 0 Å². The highest BCUT2D eigenvalue weighted by atomic mass is 16.7. The Balaban J connectivity index is 2.04. The first-order chi connectivity index (χ1) is 14.5. The number of hydrogen-bond donors (Lipinski definition) is 0. The van der Waals surface area contributed by atoms with E-state index >= 15 is 0 Å². The van der Waals surface area contributed by atoms with Crippen molar-refractivity contribution in [2.24, 2.45) is 11.8 Å². The van der Waals surface area contributed by atoms with Gasteiger partial charge < -0.3 is 9.47 Å². The zero-order valence-corrected chi connectivity index (χ0v) is 17.9. The molecule has 0 N–H and O–H groups in total. The van der Waals surface area contributed by atoms with E-state index in [1.165, 1.54) is 0 Å². The molecular formula is C24H28N2O4. The fraction of sp³-hybridized carbons (Fsp3) is 0.417. The Hall–Kier alpha value is -2.88. The molecule has 1 fully saturated rings. The van der Waals surface area contributed by atoms with Gasteiger partial charge in [-0.3, -0.25) is 9.63 Å². The average Bonchev–Trinajstić information content (AvgIpc) is 2.78. The number of hydroxylamine groups is 2. The summed E-state index contributed by atoms with van der Waals surface area (Å²) in [5.41, 5.74) is 1.94. The molecule has 2 aromatic carbocycles. The van der Waals surface area contributed by atoms with Crippen molar-refractivity contribution in [3.8, 4) is 17.6 Å². The van der Waals surface area contributed by atoms with Gasteiger partial charge in [0.1, 0.15) is 17.3 Å². The van der Waals surface area contributed by atoms with Crippen molar-refractivity contribution in [2.45, 2.75) is 32.4 Å². The third kappa shape index (κ3) is 4.33. The molecule has 0 saturated carbocycles. The molecule has 1 aliphatic heterocycles. The van der Waals surface area contributed by atoms with Crippen LogP contribution in [-0.2, 0) is 9.63 Å². The van der Waals surface area contributed by atoms with Gasteiger partial charge in [0.2, 0.25) is 0 Å². The molecule has 4 unspecified atom stereocenters. The standard InChI is InChI=1S/C24H28N2O4/c1-16-22(18-6-10-20(28-3)11-7-18)26(30-15-5-14-25)23(17(2)24(16)27)19-8-12-21(29-4)13-9-19/h6-13,16-17,22-23H,5,15H2,1-4H3. The van der Waals surface area contributed by atoms with Gasteiger partial charge in [-0.1, -0.05) is 38.1 Å². The SMILES string of the molecule is COc1ccc(C2C(C)C(=O)C(C)C(c3ccc(OC)cc3)N2OCCC#N)cc1. The quantitative estimate of drug-likeness (QED) is 0.629. The predicted molar refractivity (Wildman–Crippen MR) is 113 cm³/mol. The van der Waals surface area contributed by atoms with Gasteiger partial charge in [-0.15, -0.1) is 0 Å². The first kappa shape index (κ1) is 21.8. The molecule has 1 aliphatic rings. The highest BCUT2D eigenvalue weighted by molar-refractivity contribution is 5.85. The number of nitrogens with zero attached hydrogens (tertiary/aromatic N) is 2. The minimum atomic E-state index is -0.273. The lowest BCUT2D eigenvalue weighted by Crippen LogP contribution is -2.49. The summed E-state index contributed by atoms with van der Waals surface area (Å²) in [5, 5.41) is 10.9. The number of Topliss-reactive ketones (excluding diaryl/α,β-unsaturated/α-hetero) is 1. The van der Waals surface area contributed by atoms with Crippen LogP contribution in [0.2, 0.25) is 0 Å². The summed E-state index contributed by atoms with van der Waals surface area (Å²) in [5.74, 6) is 1.18. The minimum Gasteiger partial charge on any atom is -0.497 e. The smallest absolute Gasteiger partial charge is 0.142 e. The fourth-order valence-electron chi connectivity index (χ4n) is 4.17. The fourth-order valence-corrected chi connectivity index (χ4v) is 4.17. The number of methoxy groups -OCH3 is 2. The van der Waals surface area contributed by atoms with Crippen molar-refractivity contribution >= 4 is 5.78 Å². The van der Waals surface area contributed by atoms with Crippen LogP contribution in [0, 0.1) is 23.2 Å². The Morgan fingerprint density at radius 3 is 1.67 bits per heavy atom. The van der Waals surface area contributed by atoms with Gasteiger partial charge in [0, 0.05) is 11.8 Å². The van der Waals surface area contributed by atoms with E-state index in [4.69, 9.17) is 19.6 Å². The highest BCUT2D eigenvalue weighted by Crippen LogP contribution is 2.46. The number of nitriles is 1. The maximum atomic E-state index is 13.2. The molecule has 0 spiro atoms. The monoisotopic (exact) mass is 408 g/mol. The van der Waals surface area contributed by atoms with Gasteiger partial charge in [0.25, 0.3) is 0 Å². The van der Waals surface area contributed by atoms with Crippen LogP contribution in [0.3, 0.4) is 0 Å². The zero-order chi connectivity index (χ0) is 21.7. The molecule has 158 valence electrons. The molecule has 1 saturated heterocycles. The first-order valence-electron chi connectivity index (χ1n) is 10.1. The molecule has 0 bridgehead atoms. The molecule has 6 nitrogen and oxygen atoms in total. The van der Waals surface area contributed by atoms with Crippen molar-refractivity contribution in [1.82, 2.24) is 5.06 Å². The topological polar surface area (TPSA) is 71.8 Å². The number of piperidine rings is 1. The molecule has 30 heavy (non-hydrogen) atoms. The van der Waals surface area contributed by atoms with E-state index in [1.54, 1.807) is 14.2 Å². The van der Waals surface area contributed by atoms with Crippen LogP contribution in [-0.4, -0.2) is 31.7 Å². The third-order valence-electron chi connectivity index (χ3n) is 5.76. The van der Waals surface area contributed by atoms with Crippen molar-refractivity contribution in [2.75, 3.05) is 20.8 Å². The van der Waals surface area contributed by atoms with E-state index in [9.17, 15) is 4.79 Å². The van der Waals surface area contributed by atoms with Crippen molar-refractivity contribution < 1.29 is 19.1 Å². The first-order valence-corrected chi connectivity index (χ1v) is 10.1. The minimum absolute atomic E-state index is 0.191. The zero-order valence-electron chi connectivity index (χ0n) is 17.9. The molecule has 3 rings (SSSR count). The Morgan fingerprint density at radius 1 is 0.867 bits per heavy atom. The van der Waals surface area contributed by atoms with E-state index in [2.05, 4.69) is 6.07 Å². The molecule has 0 radical (unpaired) electrons. The lowest BCUT2D eigenvalue weighted by atomic mass is 9.75. The molecule has 0 aliphatic carbocycles. The van der Waals surface area contributed by atoms with Gasteiger partial charge in [-0.25, -0.2) is 0 Å². The maximum absolute atomic E-state index is 13.2. The molecule has 4 atom stereocenters. The summed E-state index contributed by atoms with van der Waals surface area (Å²) in [6.07, 6.45) is 0.276. The van der Waals surface area contributed by atoms with E-state index in [-0.39, 0.29) is 42.7 Å². The molecule has 1 heterocycles. The van der Waals surface area contributed by atoms with Crippen LogP contribution < -0.4 is 9.47 Å². The number of ether oxygens (including phenoxy) is 2. The molecule has 6 heteroatoms. The number of carbonyl (C=O) groups excluding carboxylic acids is 1. The Kier molecular flexibility index (Phi) is 7.09. The second-order valence-electron chi connectivity index (χ2n) is 7.52. The summed E-state index contributed by atoms with van der Waals surface area (Å²) < 4.78 is 10.6. The van der Waals surface area contributed by atoms with E-state index in [0.29, 0.717) is 0 Å². The third-order valence-corrected chi connectivity index (χ3v) is 5.76. The van der Waals surface area contributed by atoms with Gasteiger partial charge in [0.05, 0.1) is 45.4 Å². The van der Waals surface area contributed by atoms with Gasteiger partial charge in [-0.05, 0) is 35.4 Å². The second-order valence-corrected chi connectivity index (χ2v) is 7.52. The van der Waals surface area contributed by atoms with Crippen LogP contribution in [0.15, 0.2) is 48.5 Å². The molecule has 0 aromatic heterocycles. The van der Waals surface area contributed by atoms with Crippen LogP contribution >= 0.6 is 0 Å². The van der Waals surface area contributed by atoms with Crippen LogP contribution in [0.5, 0.6) is 11.5 Å². The molecular weight excluding hydrogens is 380 g/mol. The van der Waals surface area contributed by atoms with E-state index in [1.807, 2.05) is 67.4 Å². The molecule has 0 amide bonds. The largest absolute Gasteiger partial charge is 0.497 e. The van der Waals surface area contributed by atoms with Crippen molar-refractivity contribution in [3.05, 3.63) is 59.7 Å². The Bertz CT molecular complexity index is 825.